The van der Waals surface area contributed by atoms with Crippen molar-refractivity contribution in [3.63, 3.8) is 0 Å². The Balaban J connectivity index is 1.82. The summed E-state index contributed by atoms with van der Waals surface area (Å²) in [5.74, 6) is -0.330. The minimum Gasteiger partial charge on any atom is -0.508 e. The third kappa shape index (κ3) is 3.40. The fraction of sp³-hybridized carbons (Fsp3) is 0.500. The fourth-order valence-electron chi connectivity index (χ4n) is 2.91. The van der Waals surface area contributed by atoms with Crippen LogP contribution in [0.5, 0.6) is 5.75 Å². The number of halogens is 3. The number of alkyl halides is 3. The van der Waals surface area contributed by atoms with Crippen molar-refractivity contribution in [2.24, 2.45) is 0 Å². The lowest BCUT2D eigenvalue weighted by atomic mass is 9.99. The van der Waals surface area contributed by atoms with Gasteiger partial charge in [0.05, 0.1) is 5.56 Å². The van der Waals surface area contributed by atoms with Gasteiger partial charge in [0, 0.05) is 19.1 Å². The lowest BCUT2D eigenvalue weighted by Gasteiger charge is -2.19. The van der Waals surface area contributed by atoms with Crippen LogP contribution in [0.1, 0.15) is 36.8 Å². The van der Waals surface area contributed by atoms with Crippen molar-refractivity contribution in [3.05, 3.63) is 35.4 Å². The minimum absolute atomic E-state index is 0.330. The van der Waals surface area contributed by atoms with E-state index in [4.69, 9.17) is 0 Å². The molecule has 2 nitrogen and oxygen atoms in total. The summed E-state index contributed by atoms with van der Waals surface area (Å²) in [6.07, 6.45) is 1.63. The molecule has 2 aliphatic rings. The van der Waals surface area contributed by atoms with Crippen molar-refractivity contribution in [2.75, 3.05) is 13.1 Å². The molecule has 0 aromatic heterocycles. The molecular weight excluding hydrogens is 279 g/mol. The molecule has 0 unspecified atom stereocenters. The number of phenols is 1. The maximum atomic E-state index is 12.8. The molecular formula is C16H18F3NO. The van der Waals surface area contributed by atoms with Crippen LogP contribution in [-0.4, -0.2) is 29.1 Å². The third-order valence-electron chi connectivity index (χ3n) is 4.15. The van der Waals surface area contributed by atoms with Gasteiger partial charge in [0.25, 0.3) is 0 Å². The predicted octanol–water partition coefficient (Wildman–Crippen LogP) is 4.05. The largest absolute Gasteiger partial charge is 0.508 e. The van der Waals surface area contributed by atoms with Crippen LogP contribution < -0.4 is 0 Å². The van der Waals surface area contributed by atoms with Gasteiger partial charge in [0.15, 0.2) is 0 Å². The van der Waals surface area contributed by atoms with E-state index < -0.39 is 11.7 Å². The second-order valence-electron chi connectivity index (χ2n) is 5.80. The number of hydrogen-bond acceptors (Lipinski definition) is 2. The second kappa shape index (κ2) is 5.37. The zero-order valence-electron chi connectivity index (χ0n) is 11.7. The molecule has 5 heteroatoms. The first-order valence-corrected chi connectivity index (χ1v) is 7.28. The zero-order chi connectivity index (χ0) is 15.0. The van der Waals surface area contributed by atoms with E-state index in [1.54, 1.807) is 0 Å². The average Bonchev–Trinajstić information content (AvgIpc) is 3.23. The van der Waals surface area contributed by atoms with E-state index in [2.05, 4.69) is 4.90 Å². The normalized spacial score (nSPS) is 21.0. The van der Waals surface area contributed by atoms with Gasteiger partial charge in [0.1, 0.15) is 5.75 Å². The van der Waals surface area contributed by atoms with Crippen molar-refractivity contribution in [3.8, 4) is 5.75 Å². The highest BCUT2D eigenvalue weighted by Gasteiger charge is 2.32. The second-order valence-corrected chi connectivity index (χ2v) is 5.80. The molecule has 0 radical (unpaired) electrons. The fourth-order valence-corrected chi connectivity index (χ4v) is 2.91. The summed E-state index contributed by atoms with van der Waals surface area (Å²) in [4.78, 5) is 2.41. The van der Waals surface area contributed by atoms with Gasteiger partial charge in [-0.05, 0) is 55.0 Å². The van der Waals surface area contributed by atoms with Gasteiger partial charge >= 0.3 is 6.18 Å². The van der Waals surface area contributed by atoms with Gasteiger partial charge in [0.2, 0.25) is 0 Å². The highest BCUT2D eigenvalue weighted by Crippen LogP contribution is 2.36. The van der Waals surface area contributed by atoms with E-state index in [1.165, 1.54) is 18.9 Å². The van der Waals surface area contributed by atoms with E-state index in [-0.39, 0.29) is 5.75 Å². The summed E-state index contributed by atoms with van der Waals surface area (Å²) < 4.78 is 38.5. The molecule has 0 amide bonds. The molecule has 114 valence electrons. The van der Waals surface area contributed by atoms with E-state index in [9.17, 15) is 18.3 Å². The maximum Gasteiger partial charge on any atom is 0.416 e. The minimum atomic E-state index is -4.43. The predicted molar refractivity (Wildman–Crippen MR) is 74.9 cm³/mol. The Labute approximate surface area is 121 Å². The molecule has 1 aliphatic carbocycles. The molecule has 1 fully saturated rings. The SMILES string of the molecule is Oc1cc(C2=CCCN(C3CC3)CC2)cc(C(F)(F)F)c1. The molecule has 1 heterocycles. The van der Waals surface area contributed by atoms with E-state index in [0.717, 1.165) is 43.6 Å². The van der Waals surface area contributed by atoms with Gasteiger partial charge in [-0.25, -0.2) is 0 Å². The van der Waals surface area contributed by atoms with E-state index >= 15 is 0 Å². The zero-order valence-corrected chi connectivity index (χ0v) is 11.7. The third-order valence-corrected chi connectivity index (χ3v) is 4.15. The van der Waals surface area contributed by atoms with E-state index in [0.29, 0.717) is 11.6 Å². The Kier molecular flexibility index (Phi) is 3.69. The van der Waals surface area contributed by atoms with Gasteiger partial charge in [-0.1, -0.05) is 6.08 Å². The van der Waals surface area contributed by atoms with Crippen LogP contribution >= 0.6 is 0 Å². The lowest BCUT2D eigenvalue weighted by Crippen LogP contribution is -2.26. The van der Waals surface area contributed by atoms with Gasteiger partial charge in [-0.3, -0.25) is 4.90 Å². The molecule has 21 heavy (non-hydrogen) atoms. The molecule has 0 saturated heterocycles. The number of phenolic OH excluding ortho intramolecular Hbond substituents is 1. The number of nitrogens with zero attached hydrogens (tertiary/aromatic N) is 1. The summed E-state index contributed by atoms with van der Waals surface area (Å²) in [6.45, 7) is 1.85. The van der Waals surface area contributed by atoms with Crippen molar-refractivity contribution in [1.29, 1.82) is 0 Å². The van der Waals surface area contributed by atoms with Gasteiger partial charge < -0.3 is 5.11 Å². The Hall–Kier alpha value is -1.49. The summed E-state index contributed by atoms with van der Waals surface area (Å²) in [7, 11) is 0. The van der Waals surface area contributed by atoms with Gasteiger partial charge in [-0.2, -0.15) is 13.2 Å². The lowest BCUT2D eigenvalue weighted by molar-refractivity contribution is -0.137. The van der Waals surface area contributed by atoms with Crippen LogP contribution in [-0.2, 0) is 6.18 Å². The maximum absolute atomic E-state index is 12.8. The highest BCUT2D eigenvalue weighted by atomic mass is 19.4. The quantitative estimate of drug-likeness (QED) is 0.890. The Morgan fingerprint density at radius 2 is 1.86 bits per heavy atom. The molecule has 1 saturated carbocycles. The highest BCUT2D eigenvalue weighted by molar-refractivity contribution is 5.68. The van der Waals surface area contributed by atoms with Crippen LogP contribution in [0.2, 0.25) is 0 Å². The molecule has 1 aromatic carbocycles. The summed E-state index contributed by atoms with van der Waals surface area (Å²) in [5.41, 5.74) is 0.598. The summed E-state index contributed by atoms with van der Waals surface area (Å²) in [5, 5.41) is 9.57. The molecule has 0 bridgehead atoms. The van der Waals surface area contributed by atoms with Crippen molar-refractivity contribution < 1.29 is 18.3 Å². The number of rotatable bonds is 2. The van der Waals surface area contributed by atoms with Crippen LogP contribution in [0, 0.1) is 0 Å². The van der Waals surface area contributed by atoms with Crippen molar-refractivity contribution in [2.45, 2.75) is 37.9 Å². The van der Waals surface area contributed by atoms with Crippen molar-refractivity contribution in [1.82, 2.24) is 4.90 Å². The first-order chi connectivity index (χ1) is 9.93. The Morgan fingerprint density at radius 1 is 1.10 bits per heavy atom. The van der Waals surface area contributed by atoms with Crippen LogP contribution in [0.25, 0.3) is 5.57 Å². The van der Waals surface area contributed by atoms with Crippen molar-refractivity contribution >= 4 is 5.57 Å². The molecule has 3 rings (SSSR count). The smallest absolute Gasteiger partial charge is 0.416 e. The molecule has 1 N–H and O–H groups in total. The van der Waals surface area contributed by atoms with Crippen LogP contribution in [0.15, 0.2) is 24.3 Å². The summed E-state index contributed by atoms with van der Waals surface area (Å²) >= 11 is 0. The number of hydrogen-bond donors (Lipinski definition) is 1. The van der Waals surface area contributed by atoms with Crippen LogP contribution in [0.3, 0.4) is 0 Å². The molecule has 0 atom stereocenters. The standard InChI is InChI=1S/C16H18F3NO/c17-16(18,19)13-8-12(9-15(21)10-13)11-2-1-6-20(7-5-11)14-3-4-14/h2,8-10,14,21H,1,3-7H2. The monoisotopic (exact) mass is 297 g/mol. The first kappa shape index (κ1) is 14.4. The molecule has 1 aliphatic heterocycles. The molecule has 1 aromatic rings. The number of benzene rings is 1. The Bertz CT molecular complexity index is 561. The van der Waals surface area contributed by atoms with E-state index in [1.807, 2.05) is 6.08 Å². The first-order valence-electron chi connectivity index (χ1n) is 7.28. The number of aromatic hydroxyl groups is 1. The van der Waals surface area contributed by atoms with Gasteiger partial charge in [-0.15, -0.1) is 0 Å². The topological polar surface area (TPSA) is 23.5 Å². The Morgan fingerprint density at radius 3 is 2.52 bits per heavy atom. The molecule has 0 spiro atoms. The summed E-state index contributed by atoms with van der Waals surface area (Å²) in [6, 6.07) is 4.01. The average molecular weight is 297 g/mol. The van der Waals surface area contributed by atoms with Crippen LogP contribution in [0.4, 0.5) is 13.2 Å².